The first-order chi connectivity index (χ1) is 7.66. The van der Waals surface area contributed by atoms with E-state index in [1.807, 2.05) is 30.1 Å². The van der Waals surface area contributed by atoms with E-state index < -0.39 is 0 Å². The summed E-state index contributed by atoms with van der Waals surface area (Å²) in [5.74, 6) is 1.82. The first-order valence-corrected chi connectivity index (χ1v) is 6.42. The standard InChI is InChI=1S/C13H16N2S/c1-9(2)8-16-13-5-6-15-12-7-10(14)3-4-11(12)13/h3-7,9H,8,14H2,1-2H3. The van der Waals surface area contributed by atoms with Gasteiger partial charge in [-0.25, -0.2) is 0 Å². The number of pyridine rings is 1. The van der Waals surface area contributed by atoms with E-state index in [1.165, 1.54) is 10.3 Å². The second kappa shape index (κ2) is 4.74. The lowest BCUT2D eigenvalue weighted by Crippen LogP contribution is -1.92. The number of fused-ring (bicyclic) bond motifs is 1. The second-order valence-corrected chi connectivity index (χ2v) is 5.35. The maximum Gasteiger partial charge on any atom is 0.0733 e. The van der Waals surface area contributed by atoms with Crippen LogP contribution in [0.1, 0.15) is 13.8 Å². The molecule has 2 rings (SSSR count). The van der Waals surface area contributed by atoms with Crippen molar-refractivity contribution in [3.63, 3.8) is 0 Å². The average molecular weight is 232 g/mol. The maximum atomic E-state index is 5.75. The lowest BCUT2D eigenvalue weighted by molar-refractivity contribution is 0.750. The van der Waals surface area contributed by atoms with Gasteiger partial charge in [0.2, 0.25) is 0 Å². The number of nitrogens with zero attached hydrogens (tertiary/aromatic N) is 1. The Hall–Kier alpha value is -1.22. The molecule has 2 aromatic rings. The molecule has 0 spiro atoms. The highest BCUT2D eigenvalue weighted by Crippen LogP contribution is 2.28. The summed E-state index contributed by atoms with van der Waals surface area (Å²) in [7, 11) is 0. The Kier molecular flexibility index (Phi) is 3.34. The van der Waals surface area contributed by atoms with Crippen LogP contribution in [0.4, 0.5) is 5.69 Å². The highest BCUT2D eigenvalue weighted by atomic mass is 32.2. The molecule has 3 heteroatoms. The monoisotopic (exact) mass is 232 g/mol. The zero-order chi connectivity index (χ0) is 11.5. The fraction of sp³-hybridized carbons (Fsp3) is 0.308. The molecule has 16 heavy (non-hydrogen) atoms. The van der Waals surface area contributed by atoms with E-state index in [2.05, 4.69) is 31.0 Å². The number of thioether (sulfide) groups is 1. The van der Waals surface area contributed by atoms with E-state index in [0.717, 1.165) is 17.0 Å². The minimum Gasteiger partial charge on any atom is -0.399 e. The Balaban J connectivity index is 2.38. The van der Waals surface area contributed by atoms with Crippen molar-refractivity contribution < 1.29 is 0 Å². The summed E-state index contributed by atoms with van der Waals surface area (Å²) in [6.45, 7) is 4.46. The molecule has 2 nitrogen and oxygen atoms in total. The largest absolute Gasteiger partial charge is 0.399 e. The van der Waals surface area contributed by atoms with Gasteiger partial charge in [0.05, 0.1) is 5.52 Å². The second-order valence-electron chi connectivity index (χ2n) is 4.29. The van der Waals surface area contributed by atoms with E-state index in [0.29, 0.717) is 5.92 Å². The van der Waals surface area contributed by atoms with Crippen LogP contribution in [0.3, 0.4) is 0 Å². The Labute approximate surface area is 100 Å². The van der Waals surface area contributed by atoms with E-state index >= 15 is 0 Å². The first-order valence-electron chi connectivity index (χ1n) is 5.44. The Morgan fingerprint density at radius 3 is 2.88 bits per heavy atom. The minimum atomic E-state index is 0.696. The molecule has 0 saturated carbocycles. The van der Waals surface area contributed by atoms with E-state index in [1.54, 1.807) is 0 Å². The fourth-order valence-electron chi connectivity index (χ4n) is 1.52. The highest BCUT2D eigenvalue weighted by Gasteiger charge is 2.03. The summed E-state index contributed by atoms with van der Waals surface area (Å²) >= 11 is 1.88. The van der Waals surface area contributed by atoms with Gasteiger partial charge in [0, 0.05) is 27.9 Å². The number of aromatic nitrogens is 1. The molecule has 0 amide bonds. The van der Waals surface area contributed by atoms with Gasteiger partial charge in [-0.15, -0.1) is 11.8 Å². The summed E-state index contributed by atoms with van der Waals surface area (Å²) in [5.41, 5.74) is 7.50. The Bertz CT molecular complexity index is 494. The number of nitrogen functional groups attached to an aromatic ring is 1. The molecular formula is C13H16N2S. The molecule has 0 aliphatic carbocycles. The van der Waals surface area contributed by atoms with Crippen molar-refractivity contribution >= 4 is 28.4 Å². The van der Waals surface area contributed by atoms with Crippen LogP contribution < -0.4 is 5.73 Å². The SMILES string of the molecule is CC(C)CSc1ccnc2cc(N)ccc12. The van der Waals surface area contributed by atoms with Crippen molar-refractivity contribution in [2.24, 2.45) is 5.92 Å². The van der Waals surface area contributed by atoms with Gasteiger partial charge in [0.25, 0.3) is 0 Å². The molecule has 0 fully saturated rings. The predicted molar refractivity (Wildman–Crippen MR) is 71.7 cm³/mol. The van der Waals surface area contributed by atoms with Crippen LogP contribution in [0.5, 0.6) is 0 Å². The summed E-state index contributed by atoms with van der Waals surface area (Å²) in [6.07, 6.45) is 1.85. The zero-order valence-corrected chi connectivity index (χ0v) is 10.4. The van der Waals surface area contributed by atoms with Crippen LogP contribution in [-0.2, 0) is 0 Å². The number of anilines is 1. The number of hydrogen-bond donors (Lipinski definition) is 1. The molecule has 0 atom stereocenters. The summed E-state index contributed by atoms with van der Waals surface area (Å²) in [6, 6.07) is 7.99. The van der Waals surface area contributed by atoms with Gasteiger partial charge < -0.3 is 5.73 Å². The van der Waals surface area contributed by atoms with Crippen molar-refractivity contribution in [1.82, 2.24) is 4.98 Å². The Morgan fingerprint density at radius 2 is 2.12 bits per heavy atom. The summed E-state index contributed by atoms with van der Waals surface area (Å²) < 4.78 is 0. The van der Waals surface area contributed by atoms with Crippen molar-refractivity contribution in [3.8, 4) is 0 Å². The van der Waals surface area contributed by atoms with Gasteiger partial charge in [-0.2, -0.15) is 0 Å². The third-order valence-corrected chi connectivity index (χ3v) is 3.80. The molecule has 0 aliphatic rings. The topological polar surface area (TPSA) is 38.9 Å². The van der Waals surface area contributed by atoms with Crippen LogP contribution >= 0.6 is 11.8 Å². The molecule has 1 heterocycles. The lowest BCUT2D eigenvalue weighted by Gasteiger charge is -2.07. The predicted octanol–water partition coefficient (Wildman–Crippen LogP) is 3.57. The molecule has 2 N–H and O–H groups in total. The third-order valence-electron chi connectivity index (χ3n) is 2.30. The number of hydrogen-bond acceptors (Lipinski definition) is 3. The van der Waals surface area contributed by atoms with Crippen molar-refractivity contribution in [1.29, 1.82) is 0 Å². The van der Waals surface area contributed by atoms with Crippen molar-refractivity contribution in [3.05, 3.63) is 30.5 Å². The van der Waals surface area contributed by atoms with Gasteiger partial charge in [-0.05, 0) is 30.2 Å². The van der Waals surface area contributed by atoms with E-state index in [4.69, 9.17) is 5.73 Å². The third kappa shape index (κ3) is 2.47. The number of nitrogens with two attached hydrogens (primary N) is 1. The number of benzene rings is 1. The average Bonchev–Trinajstić information content (AvgIpc) is 2.25. The molecule has 0 unspecified atom stereocenters. The van der Waals surface area contributed by atoms with Gasteiger partial charge in [-0.1, -0.05) is 13.8 Å². The van der Waals surface area contributed by atoms with Crippen molar-refractivity contribution in [2.45, 2.75) is 18.7 Å². The molecule has 0 radical (unpaired) electrons. The normalized spacial score (nSPS) is 11.2. The number of rotatable bonds is 3. The van der Waals surface area contributed by atoms with Crippen LogP contribution in [0.25, 0.3) is 10.9 Å². The van der Waals surface area contributed by atoms with Crippen LogP contribution in [0.2, 0.25) is 0 Å². The Morgan fingerprint density at radius 1 is 1.31 bits per heavy atom. The lowest BCUT2D eigenvalue weighted by atomic mass is 10.2. The molecule has 0 saturated heterocycles. The zero-order valence-electron chi connectivity index (χ0n) is 9.60. The van der Waals surface area contributed by atoms with Gasteiger partial charge >= 0.3 is 0 Å². The van der Waals surface area contributed by atoms with Crippen LogP contribution in [-0.4, -0.2) is 10.7 Å². The first kappa shape index (κ1) is 11.3. The van der Waals surface area contributed by atoms with E-state index in [-0.39, 0.29) is 0 Å². The van der Waals surface area contributed by atoms with Crippen molar-refractivity contribution in [2.75, 3.05) is 11.5 Å². The van der Waals surface area contributed by atoms with Gasteiger partial charge in [0.15, 0.2) is 0 Å². The quantitative estimate of drug-likeness (QED) is 0.649. The van der Waals surface area contributed by atoms with Crippen LogP contribution in [0.15, 0.2) is 35.4 Å². The molecule has 84 valence electrons. The van der Waals surface area contributed by atoms with E-state index in [9.17, 15) is 0 Å². The minimum absolute atomic E-state index is 0.696. The van der Waals surface area contributed by atoms with Gasteiger partial charge in [-0.3, -0.25) is 4.98 Å². The highest BCUT2D eigenvalue weighted by molar-refractivity contribution is 7.99. The molecule has 0 bridgehead atoms. The molecule has 1 aromatic heterocycles. The van der Waals surface area contributed by atoms with Gasteiger partial charge in [0.1, 0.15) is 0 Å². The smallest absolute Gasteiger partial charge is 0.0733 e. The molecular weight excluding hydrogens is 216 g/mol. The fourth-order valence-corrected chi connectivity index (χ4v) is 2.52. The summed E-state index contributed by atoms with van der Waals surface area (Å²) in [4.78, 5) is 5.63. The molecule has 1 aromatic carbocycles. The molecule has 0 aliphatic heterocycles. The van der Waals surface area contributed by atoms with Crippen LogP contribution in [0, 0.1) is 5.92 Å². The summed E-state index contributed by atoms with van der Waals surface area (Å²) in [5, 5.41) is 1.20. The maximum absolute atomic E-state index is 5.75.